The van der Waals surface area contributed by atoms with E-state index >= 15 is 0 Å². The van der Waals surface area contributed by atoms with Crippen molar-refractivity contribution < 1.29 is 18.0 Å². The number of rotatable bonds is 12. The number of aryl methyl sites for hydroxylation is 2. The molecule has 47 heavy (non-hydrogen) atoms. The van der Waals surface area contributed by atoms with Gasteiger partial charge in [0.1, 0.15) is 12.6 Å². The third-order valence-corrected chi connectivity index (χ3v) is 10.9. The van der Waals surface area contributed by atoms with Crippen molar-refractivity contribution in [3.05, 3.63) is 129 Å². The number of amides is 2. The minimum atomic E-state index is -4.18. The van der Waals surface area contributed by atoms with Crippen LogP contribution in [0.15, 0.2) is 102 Å². The number of sulfonamides is 1. The Morgan fingerprint density at radius 1 is 0.851 bits per heavy atom. The van der Waals surface area contributed by atoms with Crippen LogP contribution in [0.4, 0.5) is 5.69 Å². The number of halogens is 2. The molecule has 246 valence electrons. The standard InChI is InChI=1S/C37H39Cl2N3O4S/c1-26-12-18-32(19-13-26)42(47(45,46)33-20-14-27(2)15-21-33)25-36(43)41(24-29-16-17-30(38)23-34(29)39)35(22-28-8-4-3-5-9-28)37(44)40-31-10-6-7-11-31/h3-5,8-9,12-21,23,31,35H,6-7,10-11,22,24-25H2,1-2H3,(H,40,44)/t35-/m1/s1. The molecule has 10 heteroatoms. The van der Waals surface area contributed by atoms with Crippen molar-refractivity contribution in [2.24, 2.45) is 0 Å². The third-order valence-electron chi connectivity index (χ3n) is 8.54. The predicted octanol–water partition coefficient (Wildman–Crippen LogP) is 7.50. The highest BCUT2D eigenvalue weighted by Gasteiger charge is 2.36. The van der Waals surface area contributed by atoms with Crippen molar-refractivity contribution in [3.63, 3.8) is 0 Å². The Hall–Kier alpha value is -3.85. The molecular formula is C37H39Cl2N3O4S. The van der Waals surface area contributed by atoms with Crippen LogP contribution >= 0.6 is 23.2 Å². The van der Waals surface area contributed by atoms with Crippen molar-refractivity contribution in [2.45, 2.75) is 69.5 Å². The van der Waals surface area contributed by atoms with Crippen LogP contribution < -0.4 is 9.62 Å². The van der Waals surface area contributed by atoms with Crippen LogP contribution in [-0.2, 0) is 32.6 Å². The molecule has 0 aliphatic heterocycles. The van der Waals surface area contributed by atoms with Gasteiger partial charge in [0.25, 0.3) is 10.0 Å². The van der Waals surface area contributed by atoms with Crippen LogP contribution in [0.25, 0.3) is 0 Å². The smallest absolute Gasteiger partial charge is 0.264 e. The Labute approximate surface area is 287 Å². The second-order valence-electron chi connectivity index (χ2n) is 12.1. The average molecular weight is 693 g/mol. The van der Waals surface area contributed by atoms with Crippen LogP contribution in [0.1, 0.15) is 47.9 Å². The summed E-state index contributed by atoms with van der Waals surface area (Å²) in [6.07, 6.45) is 4.03. The first-order chi connectivity index (χ1) is 22.5. The van der Waals surface area contributed by atoms with Gasteiger partial charge >= 0.3 is 0 Å². The lowest BCUT2D eigenvalue weighted by atomic mass is 10.0. The number of carbonyl (C=O) groups excluding carboxylic acids is 2. The zero-order valence-corrected chi connectivity index (χ0v) is 28.9. The van der Waals surface area contributed by atoms with Crippen LogP contribution in [0.5, 0.6) is 0 Å². The van der Waals surface area contributed by atoms with Gasteiger partial charge in [-0.15, -0.1) is 0 Å². The van der Waals surface area contributed by atoms with Gasteiger partial charge in [-0.25, -0.2) is 8.42 Å². The Morgan fingerprint density at radius 3 is 2.09 bits per heavy atom. The number of anilines is 1. The highest BCUT2D eigenvalue weighted by atomic mass is 35.5. The molecule has 1 atom stereocenters. The molecule has 4 aromatic rings. The van der Waals surface area contributed by atoms with Gasteiger partial charge in [-0.05, 0) is 74.2 Å². The molecule has 1 fully saturated rings. The molecule has 0 unspecified atom stereocenters. The summed E-state index contributed by atoms with van der Waals surface area (Å²) < 4.78 is 29.5. The molecular weight excluding hydrogens is 653 g/mol. The molecule has 0 aromatic heterocycles. The van der Waals surface area contributed by atoms with Gasteiger partial charge in [0.05, 0.1) is 10.6 Å². The van der Waals surface area contributed by atoms with Gasteiger partial charge in [-0.2, -0.15) is 0 Å². The molecule has 0 saturated heterocycles. The predicted molar refractivity (Wildman–Crippen MR) is 188 cm³/mol. The van der Waals surface area contributed by atoms with Crippen LogP contribution in [0.3, 0.4) is 0 Å². The SMILES string of the molecule is Cc1ccc(N(CC(=O)N(Cc2ccc(Cl)cc2Cl)[C@H](Cc2ccccc2)C(=O)NC2CCCC2)S(=O)(=O)c2ccc(C)cc2)cc1. The Bertz CT molecular complexity index is 1790. The summed E-state index contributed by atoms with van der Waals surface area (Å²) in [7, 11) is -4.18. The van der Waals surface area contributed by atoms with E-state index < -0.39 is 28.5 Å². The van der Waals surface area contributed by atoms with Gasteiger partial charge in [0.2, 0.25) is 11.8 Å². The van der Waals surface area contributed by atoms with Gasteiger partial charge in [-0.1, -0.05) is 108 Å². The van der Waals surface area contributed by atoms with Crippen LogP contribution in [0.2, 0.25) is 10.0 Å². The minimum absolute atomic E-state index is 0.0165. The van der Waals surface area contributed by atoms with Gasteiger partial charge in [-0.3, -0.25) is 13.9 Å². The van der Waals surface area contributed by atoms with Crippen molar-refractivity contribution in [1.29, 1.82) is 0 Å². The quantitative estimate of drug-likeness (QED) is 0.167. The monoisotopic (exact) mass is 691 g/mol. The van der Waals surface area contributed by atoms with Crippen molar-refractivity contribution in [3.8, 4) is 0 Å². The van der Waals surface area contributed by atoms with Gasteiger partial charge in [0, 0.05) is 29.1 Å². The number of nitrogens with zero attached hydrogens (tertiary/aromatic N) is 2. The van der Waals surface area contributed by atoms with Crippen LogP contribution in [0, 0.1) is 13.8 Å². The first-order valence-corrected chi connectivity index (χ1v) is 17.9. The van der Waals surface area contributed by atoms with E-state index in [1.165, 1.54) is 17.0 Å². The average Bonchev–Trinajstić information content (AvgIpc) is 3.56. The minimum Gasteiger partial charge on any atom is -0.352 e. The topological polar surface area (TPSA) is 86.8 Å². The number of carbonyl (C=O) groups is 2. The lowest BCUT2D eigenvalue weighted by Crippen LogP contribution is -2.54. The highest BCUT2D eigenvalue weighted by Crippen LogP contribution is 2.28. The number of hydrogen-bond acceptors (Lipinski definition) is 4. The molecule has 0 bridgehead atoms. The van der Waals surface area contributed by atoms with E-state index in [4.69, 9.17) is 23.2 Å². The number of hydrogen-bond donors (Lipinski definition) is 1. The largest absolute Gasteiger partial charge is 0.352 e. The zero-order valence-electron chi connectivity index (χ0n) is 26.5. The van der Waals surface area contributed by atoms with E-state index in [0.29, 0.717) is 21.3 Å². The van der Waals surface area contributed by atoms with Gasteiger partial charge in [0.15, 0.2) is 0 Å². The second kappa shape index (κ2) is 15.4. The summed E-state index contributed by atoms with van der Waals surface area (Å²) in [5.41, 5.74) is 3.63. The molecule has 1 aliphatic carbocycles. The highest BCUT2D eigenvalue weighted by molar-refractivity contribution is 7.92. The fraction of sp³-hybridized carbons (Fsp3) is 0.297. The van der Waals surface area contributed by atoms with Crippen LogP contribution in [-0.4, -0.2) is 43.8 Å². The van der Waals surface area contributed by atoms with E-state index in [-0.39, 0.29) is 29.8 Å². The molecule has 5 rings (SSSR count). The maximum absolute atomic E-state index is 14.7. The third kappa shape index (κ3) is 8.74. The lowest BCUT2D eigenvalue weighted by Gasteiger charge is -2.34. The summed E-state index contributed by atoms with van der Waals surface area (Å²) in [5.74, 6) is -0.836. The molecule has 0 spiro atoms. The van der Waals surface area contributed by atoms with E-state index in [9.17, 15) is 18.0 Å². The zero-order chi connectivity index (χ0) is 33.6. The van der Waals surface area contributed by atoms with E-state index in [1.807, 2.05) is 44.2 Å². The van der Waals surface area contributed by atoms with Crippen molar-refractivity contribution in [2.75, 3.05) is 10.8 Å². The molecule has 1 N–H and O–H groups in total. The molecule has 2 amide bonds. The first kappa shape index (κ1) is 34.5. The van der Waals surface area contributed by atoms with Gasteiger partial charge < -0.3 is 10.2 Å². The van der Waals surface area contributed by atoms with E-state index in [0.717, 1.165) is 46.7 Å². The van der Waals surface area contributed by atoms with E-state index in [1.54, 1.807) is 54.6 Å². The molecule has 0 heterocycles. The molecule has 1 saturated carbocycles. The maximum Gasteiger partial charge on any atom is 0.264 e. The fourth-order valence-corrected chi connectivity index (χ4v) is 7.71. The molecule has 4 aromatic carbocycles. The first-order valence-electron chi connectivity index (χ1n) is 15.7. The van der Waals surface area contributed by atoms with E-state index in [2.05, 4.69) is 5.32 Å². The summed E-state index contributed by atoms with van der Waals surface area (Å²) in [6.45, 7) is 3.21. The second-order valence-corrected chi connectivity index (χ2v) is 14.8. The summed E-state index contributed by atoms with van der Waals surface area (Å²) in [5, 5.41) is 3.95. The Kier molecular flexibility index (Phi) is 11.3. The molecule has 1 aliphatic rings. The summed E-state index contributed by atoms with van der Waals surface area (Å²) in [6, 6.07) is 27.0. The maximum atomic E-state index is 14.7. The summed E-state index contributed by atoms with van der Waals surface area (Å²) >= 11 is 12.8. The Morgan fingerprint density at radius 2 is 1.47 bits per heavy atom. The van der Waals surface area contributed by atoms with Crippen molar-refractivity contribution >= 4 is 50.7 Å². The molecule has 7 nitrogen and oxygen atoms in total. The number of nitrogens with one attached hydrogen (secondary N) is 1. The fourth-order valence-electron chi connectivity index (χ4n) is 5.83. The van der Waals surface area contributed by atoms with Crippen molar-refractivity contribution in [1.82, 2.24) is 10.2 Å². The lowest BCUT2D eigenvalue weighted by molar-refractivity contribution is -0.140. The molecule has 0 radical (unpaired) electrons. The number of benzene rings is 4. The normalized spacial score (nSPS) is 14.0. The summed E-state index contributed by atoms with van der Waals surface area (Å²) in [4.78, 5) is 30.3. The Balaban J connectivity index is 1.58.